The van der Waals surface area contributed by atoms with Gasteiger partial charge in [0.25, 0.3) is 0 Å². The lowest BCUT2D eigenvalue weighted by molar-refractivity contribution is 1.00. The highest BCUT2D eigenvalue weighted by Crippen LogP contribution is 2.23. The summed E-state index contributed by atoms with van der Waals surface area (Å²) in [6.07, 6.45) is 5.85. The van der Waals surface area contributed by atoms with E-state index in [2.05, 4.69) is 41.9 Å². The Bertz CT molecular complexity index is 926. The van der Waals surface area contributed by atoms with Crippen molar-refractivity contribution in [3.63, 3.8) is 0 Å². The van der Waals surface area contributed by atoms with Crippen LogP contribution in [0.25, 0.3) is 11.1 Å². The van der Waals surface area contributed by atoms with Crippen molar-refractivity contribution in [3.05, 3.63) is 102 Å². The second-order valence-electron chi connectivity index (χ2n) is 6.06. The molecule has 0 aliphatic heterocycles. The molecule has 126 valence electrons. The van der Waals surface area contributed by atoms with Crippen molar-refractivity contribution in [2.24, 2.45) is 4.99 Å². The number of nitriles is 1. The van der Waals surface area contributed by atoms with Crippen molar-refractivity contribution < 1.29 is 0 Å². The van der Waals surface area contributed by atoms with Crippen molar-refractivity contribution in [1.82, 2.24) is 0 Å². The summed E-state index contributed by atoms with van der Waals surface area (Å²) in [5.41, 5.74) is 6.19. The summed E-state index contributed by atoms with van der Waals surface area (Å²) in [5.74, 6) is 0. The zero-order valence-electron chi connectivity index (χ0n) is 14.6. The maximum atomic E-state index is 8.87. The fourth-order valence-corrected chi connectivity index (χ4v) is 2.67. The van der Waals surface area contributed by atoms with Crippen LogP contribution in [0.4, 0.5) is 5.69 Å². The van der Waals surface area contributed by atoms with Crippen LogP contribution in [0.5, 0.6) is 0 Å². The second kappa shape index (κ2) is 8.60. The van der Waals surface area contributed by atoms with Crippen LogP contribution >= 0.6 is 0 Å². The van der Waals surface area contributed by atoms with Crippen molar-refractivity contribution in [2.45, 2.75) is 12.8 Å². The zero-order chi connectivity index (χ0) is 18.2. The smallest absolute Gasteiger partial charge is 0.0991 e. The van der Waals surface area contributed by atoms with Gasteiger partial charge in [0, 0.05) is 6.21 Å². The van der Waals surface area contributed by atoms with E-state index in [0.29, 0.717) is 5.56 Å². The molecule has 0 radical (unpaired) electrons. The molecule has 0 aromatic heterocycles. The van der Waals surface area contributed by atoms with Crippen LogP contribution in [0, 0.1) is 11.3 Å². The molecule has 3 aromatic carbocycles. The third kappa shape index (κ3) is 4.55. The Labute approximate surface area is 154 Å². The van der Waals surface area contributed by atoms with Gasteiger partial charge in [-0.1, -0.05) is 54.6 Å². The molecular weight excluding hydrogens is 316 g/mol. The largest absolute Gasteiger partial charge is 0.256 e. The summed E-state index contributed by atoms with van der Waals surface area (Å²) in [6.45, 7) is 3.76. The summed E-state index contributed by atoms with van der Waals surface area (Å²) in [5, 5.41) is 8.87. The lowest BCUT2D eigenvalue weighted by Gasteiger charge is -2.02. The van der Waals surface area contributed by atoms with Gasteiger partial charge in [-0.15, -0.1) is 6.58 Å². The van der Waals surface area contributed by atoms with E-state index in [9.17, 15) is 0 Å². The van der Waals surface area contributed by atoms with Gasteiger partial charge in [0.2, 0.25) is 0 Å². The minimum absolute atomic E-state index is 0.672. The molecule has 0 unspecified atom stereocenters. The number of nitrogens with zero attached hydrogens (tertiary/aromatic N) is 2. The number of allylic oxidation sites excluding steroid dienone is 1. The second-order valence-corrected chi connectivity index (χ2v) is 6.06. The van der Waals surface area contributed by atoms with Gasteiger partial charge < -0.3 is 0 Å². The molecule has 0 saturated carbocycles. The van der Waals surface area contributed by atoms with Crippen LogP contribution in [0.3, 0.4) is 0 Å². The van der Waals surface area contributed by atoms with Crippen molar-refractivity contribution in [2.75, 3.05) is 0 Å². The molecule has 0 atom stereocenters. The number of hydrogen-bond donors (Lipinski definition) is 0. The number of benzene rings is 3. The summed E-state index contributed by atoms with van der Waals surface area (Å²) in [4.78, 5) is 4.55. The predicted molar refractivity (Wildman–Crippen MR) is 109 cm³/mol. The normalized spacial score (nSPS) is 10.6. The lowest BCUT2D eigenvalue weighted by Crippen LogP contribution is -1.85. The molecule has 0 bridgehead atoms. The molecule has 0 aliphatic carbocycles. The molecule has 3 rings (SSSR count). The summed E-state index contributed by atoms with van der Waals surface area (Å²) in [6, 6.07) is 26.3. The van der Waals surface area contributed by atoms with Gasteiger partial charge in [-0.05, 0) is 59.4 Å². The molecular formula is C24H20N2. The van der Waals surface area contributed by atoms with Crippen molar-refractivity contribution >= 4 is 11.9 Å². The molecule has 3 aromatic rings. The van der Waals surface area contributed by atoms with Gasteiger partial charge in [0.15, 0.2) is 0 Å². The van der Waals surface area contributed by atoms with Gasteiger partial charge in [-0.25, -0.2) is 0 Å². The summed E-state index contributed by atoms with van der Waals surface area (Å²) >= 11 is 0. The van der Waals surface area contributed by atoms with E-state index >= 15 is 0 Å². The lowest BCUT2D eigenvalue weighted by atomic mass is 10.0. The Hall–Kier alpha value is -3.44. The molecule has 0 heterocycles. The maximum Gasteiger partial charge on any atom is 0.0991 e. The zero-order valence-corrected chi connectivity index (χ0v) is 14.6. The van der Waals surface area contributed by atoms with Gasteiger partial charge in [0.05, 0.1) is 17.3 Å². The van der Waals surface area contributed by atoms with E-state index in [1.807, 2.05) is 60.8 Å². The highest BCUT2D eigenvalue weighted by Gasteiger charge is 1.98. The Balaban J connectivity index is 1.67. The maximum absolute atomic E-state index is 8.87. The van der Waals surface area contributed by atoms with Crippen molar-refractivity contribution in [1.29, 1.82) is 5.26 Å². The fourth-order valence-electron chi connectivity index (χ4n) is 2.67. The quantitative estimate of drug-likeness (QED) is 0.396. The van der Waals surface area contributed by atoms with E-state index in [0.717, 1.165) is 35.2 Å². The van der Waals surface area contributed by atoms with Gasteiger partial charge in [-0.3, -0.25) is 4.99 Å². The standard InChI is InChI=1S/C24H20N2/c1-2-3-4-19-5-7-21(8-6-19)18-26-24-15-13-23(14-16-24)22-11-9-20(17-25)10-12-22/h2,5-16,18H,1,3-4H2. The molecule has 0 amide bonds. The van der Waals surface area contributed by atoms with Crippen molar-refractivity contribution in [3.8, 4) is 17.2 Å². The molecule has 2 nitrogen and oxygen atoms in total. The molecule has 0 spiro atoms. The highest BCUT2D eigenvalue weighted by atomic mass is 14.7. The Morgan fingerprint density at radius 1 is 0.846 bits per heavy atom. The van der Waals surface area contributed by atoms with Crippen LogP contribution in [-0.4, -0.2) is 6.21 Å². The SMILES string of the molecule is C=CCCc1ccc(C=Nc2ccc(-c3ccc(C#N)cc3)cc2)cc1. The van der Waals surface area contributed by atoms with E-state index in [1.54, 1.807) is 0 Å². The minimum atomic E-state index is 0.672. The fraction of sp³-hybridized carbons (Fsp3) is 0.0833. The molecule has 0 saturated heterocycles. The van der Waals surface area contributed by atoms with Gasteiger partial charge >= 0.3 is 0 Å². The van der Waals surface area contributed by atoms with Crippen LogP contribution in [0.15, 0.2) is 90.4 Å². The molecule has 0 N–H and O–H groups in total. The van der Waals surface area contributed by atoms with Gasteiger partial charge in [-0.2, -0.15) is 5.26 Å². The molecule has 0 fully saturated rings. The number of rotatable bonds is 6. The average Bonchev–Trinajstić information content (AvgIpc) is 2.72. The van der Waals surface area contributed by atoms with E-state index < -0.39 is 0 Å². The Kier molecular flexibility index (Phi) is 5.75. The van der Waals surface area contributed by atoms with E-state index in [1.165, 1.54) is 5.56 Å². The van der Waals surface area contributed by atoms with Crippen LogP contribution in [0.2, 0.25) is 0 Å². The minimum Gasteiger partial charge on any atom is -0.256 e. The number of aryl methyl sites for hydroxylation is 1. The first-order valence-electron chi connectivity index (χ1n) is 8.63. The number of hydrogen-bond acceptors (Lipinski definition) is 2. The van der Waals surface area contributed by atoms with Gasteiger partial charge in [0.1, 0.15) is 0 Å². The molecule has 0 aliphatic rings. The van der Waals surface area contributed by atoms with E-state index in [4.69, 9.17) is 5.26 Å². The average molecular weight is 336 g/mol. The third-order valence-electron chi connectivity index (χ3n) is 4.19. The van der Waals surface area contributed by atoms with Crippen LogP contribution in [-0.2, 0) is 6.42 Å². The van der Waals surface area contributed by atoms with Crippen LogP contribution < -0.4 is 0 Å². The predicted octanol–water partition coefficient (Wildman–Crippen LogP) is 6.09. The third-order valence-corrected chi connectivity index (χ3v) is 4.19. The first kappa shape index (κ1) is 17.4. The Morgan fingerprint density at radius 3 is 2.04 bits per heavy atom. The number of aliphatic imine (C=N–C) groups is 1. The molecule has 26 heavy (non-hydrogen) atoms. The molecule has 2 heteroatoms. The summed E-state index contributed by atoms with van der Waals surface area (Å²) in [7, 11) is 0. The Morgan fingerprint density at radius 2 is 1.46 bits per heavy atom. The summed E-state index contributed by atoms with van der Waals surface area (Å²) < 4.78 is 0. The first-order valence-corrected chi connectivity index (χ1v) is 8.63. The topological polar surface area (TPSA) is 36.1 Å². The highest BCUT2D eigenvalue weighted by molar-refractivity contribution is 5.82. The first-order chi connectivity index (χ1) is 12.8. The monoisotopic (exact) mass is 336 g/mol. The van der Waals surface area contributed by atoms with E-state index in [-0.39, 0.29) is 0 Å². The van der Waals surface area contributed by atoms with Crippen LogP contribution in [0.1, 0.15) is 23.1 Å².